The van der Waals surface area contributed by atoms with Crippen molar-refractivity contribution in [2.75, 3.05) is 16.0 Å². The first kappa shape index (κ1) is 24.0. The Morgan fingerprint density at radius 2 is 1.60 bits per heavy atom. The van der Waals surface area contributed by atoms with E-state index in [0.717, 1.165) is 16.9 Å². The number of nitrogens with zero attached hydrogens (tertiary/aromatic N) is 2. The number of hydrogen-bond acceptors (Lipinski definition) is 3. The first-order chi connectivity index (χ1) is 16.7. The van der Waals surface area contributed by atoms with Crippen LogP contribution in [-0.4, -0.2) is 20.4 Å². The summed E-state index contributed by atoms with van der Waals surface area (Å²) in [5, 5.41) is 9.51. The molecule has 8 heteroatoms. The van der Waals surface area contributed by atoms with Gasteiger partial charge in [-0.15, -0.1) is 0 Å². The van der Waals surface area contributed by atoms with Crippen LogP contribution in [0.25, 0.3) is 5.69 Å². The Hall–Kier alpha value is -4.17. The fourth-order valence-electron chi connectivity index (χ4n) is 3.87. The number of rotatable bonds is 5. The average molecular weight is 486 g/mol. The molecule has 0 saturated heterocycles. The van der Waals surface area contributed by atoms with E-state index in [1.165, 1.54) is 10.2 Å². The van der Waals surface area contributed by atoms with Crippen molar-refractivity contribution in [2.24, 2.45) is 7.05 Å². The van der Waals surface area contributed by atoms with Crippen LogP contribution in [0.4, 0.5) is 17.1 Å². The van der Waals surface area contributed by atoms with Crippen molar-refractivity contribution in [1.82, 2.24) is 9.36 Å². The summed E-state index contributed by atoms with van der Waals surface area (Å²) in [4.78, 5) is 26.1. The molecular formula is C27H27N5O2S. The standard InChI is InChI=1S/C27H27N5O2S/c1-17-13-14-23(18(2)15-17)29-27(35)28-21-10-8-9-20(16-21)25(33)30-24-19(3)31(4)32(26(24)34)22-11-6-5-7-12-22/h5-16H,1-4H3,(H,30,33)(H2,28,29,35). The van der Waals surface area contributed by atoms with E-state index in [1.807, 2.05) is 62.4 Å². The second-order valence-electron chi connectivity index (χ2n) is 8.37. The van der Waals surface area contributed by atoms with E-state index in [4.69, 9.17) is 12.2 Å². The largest absolute Gasteiger partial charge is 0.332 e. The summed E-state index contributed by atoms with van der Waals surface area (Å²) in [6.45, 7) is 5.85. The molecule has 0 aliphatic heterocycles. The van der Waals surface area contributed by atoms with Gasteiger partial charge in [0.05, 0.1) is 11.4 Å². The summed E-state index contributed by atoms with van der Waals surface area (Å²) < 4.78 is 3.25. The van der Waals surface area contributed by atoms with Crippen LogP contribution in [0.3, 0.4) is 0 Å². The summed E-state index contributed by atoms with van der Waals surface area (Å²) in [5.41, 5.74) is 5.56. The number of para-hydroxylation sites is 1. The fourth-order valence-corrected chi connectivity index (χ4v) is 4.10. The maximum Gasteiger partial charge on any atom is 0.295 e. The zero-order valence-electron chi connectivity index (χ0n) is 20.0. The maximum absolute atomic E-state index is 13.1. The molecule has 0 aliphatic rings. The van der Waals surface area contributed by atoms with Crippen molar-refractivity contribution in [2.45, 2.75) is 20.8 Å². The van der Waals surface area contributed by atoms with Crippen LogP contribution in [0.2, 0.25) is 0 Å². The minimum Gasteiger partial charge on any atom is -0.332 e. The van der Waals surface area contributed by atoms with E-state index in [1.54, 1.807) is 36.9 Å². The minimum atomic E-state index is -0.382. The van der Waals surface area contributed by atoms with Crippen LogP contribution in [0, 0.1) is 20.8 Å². The predicted octanol–water partition coefficient (Wildman–Crippen LogP) is 5.16. The van der Waals surface area contributed by atoms with Gasteiger partial charge < -0.3 is 16.0 Å². The molecule has 0 unspecified atom stereocenters. The number of anilines is 3. The quantitative estimate of drug-likeness (QED) is 0.340. The number of carbonyl (C=O) groups is 1. The van der Waals surface area contributed by atoms with E-state index in [9.17, 15) is 9.59 Å². The van der Waals surface area contributed by atoms with Gasteiger partial charge in [0, 0.05) is 24.0 Å². The predicted molar refractivity (Wildman–Crippen MR) is 146 cm³/mol. The zero-order valence-corrected chi connectivity index (χ0v) is 20.9. The molecule has 178 valence electrons. The molecule has 1 amide bonds. The smallest absolute Gasteiger partial charge is 0.295 e. The lowest BCUT2D eigenvalue weighted by Gasteiger charge is -2.13. The number of aryl methyl sites for hydroxylation is 2. The number of nitrogens with one attached hydrogen (secondary N) is 3. The SMILES string of the molecule is Cc1ccc(NC(=S)Nc2cccc(C(=O)Nc3c(C)n(C)n(-c4ccccc4)c3=O)c2)c(C)c1. The normalized spacial score (nSPS) is 10.6. The number of aromatic nitrogens is 2. The van der Waals surface area contributed by atoms with Crippen LogP contribution in [-0.2, 0) is 7.05 Å². The molecule has 4 rings (SSSR count). The van der Waals surface area contributed by atoms with E-state index in [0.29, 0.717) is 22.1 Å². The average Bonchev–Trinajstić information content (AvgIpc) is 3.04. The van der Waals surface area contributed by atoms with Gasteiger partial charge in [-0.05, 0) is 75.0 Å². The Kier molecular flexibility index (Phi) is 6.84. The molecule has 0 radical (unpaired) electrons. The van der Waals surface area contributed by atoms with Crippen LogP contribution in [0.5, 0.6) is 0 Å². The van der Waals surface area contributed by atoms with Gasteiger partial charge in [-0.2, -0.15) is 0 Å². The summed E-state index contributed by atoms with van der Waals surface area (Å²) in [5.74, 6) is -0.382. The lowest BCUT2D eigenvalue weighted by Crippen LogP contribution is -2.23. The molecule has 0 saturated carbocycles. The van der Waals surface area contributed by atoms with Crippen molar-refractivity contribution < 1.29 is 4.79 Å². The highest BCUT2D eigenvalue weighted by Gasteiger charge is 2.19. The number of benzene rings is 3. The fraction of sp³-hybridized carbons (Fsp3) is 0.148. The minimum absolute atomic E-state index is 0.242. The molecule has 1 aromatic heterocycles. The Labute approximate surface area is 209 Å². The van der Waals surface area contributed by atoms with Crippen molar-refractivity contribution >= 4 is 40.3 Å². The lowest BCUT2D eigenvalue weighted by atomic mass is 10.1. The Bertz CT molecular complexity index is 1470. The van der Waals surface area contributed by atoms with Crippen molar-refractivity contribution in [3.63, 3.8) is 0 Å². The molecule has 0 atom stereocenters. The van der Waals surface area contributed by atoms with Gasteiger partial charge >= 0.3 is 0 Å². The first-order valence-electron chi connectivity index (χ1n) is 11.2. The number of carbonyl (C=O) groups excluding carboxylic acids is 1. The van der Waals surface area contributed by atoms with Gasteiger partial charge in [0.1, 0.15) is 5.69 Å². The third-order valence-electron chi connectivity index (χ3n) is 5.81. The summed E-state index contributed by atoms with van der Waals surface area (Å²) >= 11 is 5.45. The van der Waals surface area contributed by atoms with Gasteiger partial charge in [-0.3, -0.25) is 14.3 Å². The highest BCUT2D eigenvalue weighted by Crippen LogP contribution is 2.19. The Morgan fingerprint density at radius 3 is 2.31 bits per heavy atom. The van der Waals surface area contributed by atoms with Gasteiger partial charge in [0.25, 0.3) is 11.5 Å². The summed E-state index contributed by atoms with van der Waals surface area (Å²) in [6, 6.07) is 22.3. The third kappa shape index (κ3) is 5.17. The second kappa shape index (κ2) is 9.99. The Balaban J connectivity index is 1.51. The molecule has 3 N–H and O–H groups in total. The Morgan fingerprint density at radius 1 is 0.857 bits per heavy atom. The second-order valence-corrected chi connectivity index (χ2v) is 8.78. The molecule has 0 aliphatic carbocycles. The maximum atomic E-state index is 13.1. The van der Waals surface area contributed by atoms with Gasteiger partial charge in [0.15, 0.2) is 5.11 Å². The highest BCUT2D eigenvalue weighted by atomic mass is 32.1. The van der Waals surface area contributed by atoms with Crippen molar-refractivity contribution in [1.29, 1.82) is 0 Å². The molecular weight excluding hydrogens is 458 g/mol. The molecule has 0 spiro atoms. The topological polar surface area (TPSA) is 80.1 Å². The van der Waals surface area contributed by atoms with Crippen molar-refractivity contribution in [3.8, 4) is 5.69 Å². The first-order valence-corrected chi connectivity index (χ1v) is 11.6. The van der Waals surface area contributed by atoms with E-state index in [2.05, 4.69) is 22.0 Å². The molecule has 0 bridgehead atoms. The molecule has 3 aromatic carbocycles. The monoisotopic (exact) mass is 485 g/mol. The molecule has 4 aromatic rings. The highest BCUT2D eigenvalue weighted by molar-refractivity contribution is 7.80. The van der Waals surface area contributed by atoms with E-state index >= 15 is 0 Å². The van der Waals surface area contributed by atoms with Crippen LogP contribution >= 0.6 is 12.2 Å². The van der Waals surface area contributed by atoms with Gasteiger partial charge in [-0.1, -0.05) is 42.0 Å². The summed E-state index contributed by atoms with van der Waals surface area (Å²) in [6.07, 6.45) is 0. The summed E-state index contributed by atoms with van der Waals surface area (Å²) in [7, 11) is 1.79. The van der Waals surface area contributed by atoms with Gasteiger partial charge in [-0.25, -0.2) is 4.68 Å². The van der Waals surface area contributed by atoms with Crippen LogP contribution < -0.4 is 21.5 Å². The van der Waals surface area contributed by atoms with Crippen molar-refractivity contribution in [3.05, 3.63) is 106 Å². The van der Waals surface area contributed by atoms with Crippen LogP contribution in [0.15, 0.2) is 77.6 Å². The van der Waals surface area contributed by atoms with E-state index in [-0.39, 0.29) is 17.2 Å². The van der Waals surface area contributed by atoms with E-state index < -0.39 is 0 Å². The number of thiocarbonyl (C=S) groups is 1. The molecule has 1 heterocycles. The molecule has 7 nitrogen and oxygen atoms in total. The number of hydrogen-bond donors (Lipinski definition) is 3. The third-order valence-corrected chi connectivity index (χ3v) is 6.01. The molecule has 0 fully saturated rings. The lowest BCUT2D eigenvalue weighted by molar-refractivity contribution is 0.102. The molecule has 35 heavy (non-hydrogen) atoms. The zero-order chi connectivity index (χ0) is 25.1. The van der Waals surface area contributed by atoms with Crippen LogP contribution in [0.1, 0.15) is 27.2 Å². The number of amides is 1. The van der Waals surface area contributed by atoms with Gasteiger partial charge in [0.2, 0.25) is 0 Å².